The number of hydrogen-bond donors (Lipinski definition) is 1. The average Bonchev–Trinajstić information content (AvgIpc) is 3.72. The van der Waals surface area contributed by atoms with Gasteiger partial charge in [-0.3, -0.25) is 9.10 Å². The number of aromatic amines is 1. The molecule has 1 unspecified atom stereocenters. The fraction of sp³-hybridized carbons (Fsp3) is 0.235. The van der Waals surface area contributed by atoms with Gasteiger partial charge in [0, 0.05) is 66.4 Å². The number of hydrogen-bond acceptors (Lipinski definition) is 6. The fourth-order valence-corrected chi connectivity index (χ4v) is 8.41. The molecule has 0 saturated carbocycles. The molecule has 1 atom stereocenters. The zero-order chi connectivity index (χ0) is 31.0. The molecule has 1 aliphatic heterocycles. The number of rotatable bonds is 9. The first-order valence-corrected chi connectivity index (χ1v) is 16.9. The summed E-state index contributed by atoms with van der Waals surface area (Å²) in [5.74, 6) is 0.0591. The highest BCUT2D eigenvalue weighted by molar-refractivity contribution is 8.15. The summed E-state index contributed by atoms with van der Waals surface area (Å²) in [7, 11) is 3.78. The molecule has 226 valence electrons. The van der Waals surface area contributed by atoms with Crippen molar-refractivity contribution in [1.29, 1.82) is 0 Å². The molecule has 0 radical (unpaired) electrons. The Labute approximate surface area is 262 Å². The normalized spacial score (nSPS) is 15.0. The third-order valence-electron chi connectivity index (χ3n) is 8.11. The molecule has 0 aliphatic carbocycles. The number of pyridine rings is 1. The third-order valence-corrected chi connectivity index (χ3v) is 11.9. The van der Waals surface area contributed by atoms with Crippen molar-refractivity contribution in [3.8, 4) is 22.3 Å². The van der Waals surface area contributed by atoms with E-state index in [1.807, 2.05) is 97.3 Å². The SMILES string of the molecule is CN(C)CCC(=O)N(C)c1ccc(-c2cnc3[nH]c4ccc(N(C)S(=O)(=O)C5CC=CS5)cc4c3c2-c2ccccc2)cc1. The minimum absolute atomic E-state index is 0.0591. The van der Waals surface area contributed by atoms with Crippen LogP contribution in [0.4, 0.5) is 11.4 Å². The van der Waals surface area contributed by atoms with Crippen molar-refractivity contribution in [2.75, 3.05) is 43.9 Å². The highest BCUT2D eigenvalue weighted by Gasteiger charge is 2.31. The maximum Gasteiger partial charge on any atom is 0.247 e. The minimum Gasteiger partial charge on any atom is -0.339 e. The molecule has 44 heavy (non-hydrogen) atoms. The Morgan fingerprint density at radius 2 is 1.68 bits per heavy atom. The molecule has 3 aromatic carbocycles. The van der Waals surface area contributed by atoms with Crippen LogP contribution in [0.5, 0.6) is 0 Å². The number of carbonyl (C=O) groups excluding carboxylic acids is 1. The largest absolute Gasteiger partial charge is 0.339 e. The van der Waals surface area contributed by atoms with Gasteiger partial charge in [-0.05, 0) is 67.4 Å². The predicted octanol–water partition coefficient (Wildman–Crippen LogP) is 6.71. The molecule has 0 bridgehead atoms. The quantitative estimate of drug-likeness (QED) is 0.196. The number of allylic oxidation sites excluding steroid dienone is 1. The lowest BCUT2D eigenvalue weighted by Gasteiger charge is -2.23. The smallest absolute Gasteiger partial charge is 0.247 e. The summed E-state index contributed by atoms with van der Waals surface area (Å²) < 4.78 is 27.7. The van der Waals surface area contributed by atoms with Gasteiger partial charge in [0.2, 0.25) is 15.9 Å². The first-order valence-electron chi connectivity index (χ1n) is 14.4. The molecule has 1 amide bonds. The van der Waals surface area contributed by atoms with Crippen molar-refractivity contribution < 1.29 is 13.2 Å². The van der Waals surface area contributed by atoms with Crippen LogP contribution in [0.1, 0.15) is 12.8 Å². The van der Waals surface area contributed by atoms with Gasteiger partial charge in [-0.2, -0.15) is 0 Å². The van der Waals surface area contributed by atoms with Crippen LogP contribution in [-0.2, 0) is 14.8 Å². The van der Waals surface area contributed by atoms with Crippen molar-refractivity contribution in [3.05, 3.63) is 90.5 Å². The molecule has 2 aromatic heterocycles. The summed E-state index contributed by atoms with van der Waals surface area (Å²) in [6, 6.07) is 23.8. The van der Waals surface area contributed by atoms with E-state index in [1.54, 1.807) is 19.0 Å². The van der Waals surface area contributed by atoms with Gasteiger partial charge in [0.05, 0.1) is 5.69 Å². The van der Waals surface area contributed by atoms with Crippen molar-refractivity contribution in [3.63, 3.8) is 0 Å². The van der Waals surface area contributed by atoms with Gasteiger partial charge >= 0.3 is 0 Å². The summed E-state index contributed by atoms with van der Waals surface area (Å²) in [6.45, 7) is 0.693. The van der Waals surface area contributed by atoms with Gasteiger partial charge in [0.15, 0.2) is 0 Å². The van der Waals surface area contributed by atoms with Crippen LogP contribution in [-0.4, -0.2) is 68.5 Å². The number of sulfonamides is 1. The molecule has 0 saturated heterocycles. The van der Waals surface area contributed by atoms with E-state index in [2.05, 4.69) is 17.1 Å². The zero-order valence-electron chi connectivity index (χ0n) is 25.2. The predicted molar refractivity (Wildman–Crippen MR) is 184 cm³/mol. The second-order valence-electron chi connectivity index (χ2n) is 11.2. The zero-order valence-corrected chi connectivity index (χ0v) is 26.8. The van der Waals surface area contributed by atoms with Crippen LogP contribution in [0.2, 0.25) is 0 Å². The van der Waals surface area contributed by atoms with Crippen LogP contribution < -0.4 is 9.21 Å². The third kappa shape index (κ3) is 5.60. The number of amides is 1. The maximum atomic E-state index is 13.4. The van der Waals surface area contributed by atoms with Crippen molar-refractivity contribution in [2.24, 2.45) is 0 Å². The molecular formula is C34H35N5O3S2. The molecule has 5 aromatic rings. The van der Waals surface area contributed by atoms with E-state index in [0.29, 0.717) is 25.1 Å². The van der Waals surface area contributed by atoms with Crippen molar-refractivity contribution >= 4 is 61.0 Å². The van der Waals surface area contributed by atoms with Crippen molar-refractivity contribution in [2.45, 2.75) is 17.4 Å². The number of H-pyrrole nitrogens is 1. The Hall–Kier alpha value is -4.12. The monoisotopic (exact) mass is 625 g/mol. The Morgan fingerprint density at radius 1 is 0.955 bits per heavy atom. The molecule has 10 heteroatoms. The van der Waals surface area contributed by atoms with Gasteiger partial charge in [-0.25, -0.2) is 13.4 Å². The van der Waals surface area contributed by atoms with Gasteiger partial charge in [-0.1, -0.05) is 48.5 Å². The Morgan fingerprint density at radius 3 is 2.36 bits per heavy atom. The van der Waals surface area contributed by atoms with Crippen LogP contribution in [0.3, 0.4) is 0 Å². The highest BCUT2D eigenvalue weighted by atomic mass is 32.3. The van der Waals surface area contributed by atoms with Crippen LogP contribution in [0.15, 0.2) is 90.5 Å². The number of nitrogens with zero attached hydrogens (tertiary/aromatic N) is 4. The van der Waals surface area contributed by atoms with E-state index in [0.717, 1.165) is 49.9 Å². The van der Waals surface area contributed by atoms with Crippen LogP contribution in [0.25, 0.3) is 44.2 Å². The summed E-state index contributed by atoms with van der Waals surface area (Å²) in [5, 5.41) is 3.67. The molecule has 1 N–H and O–H groups in total. The highest BCUT2D eigenvalue weighted by Crippen LogP contribution is 2.42. The summed E-state index contributed by atoms with van der Waals surface area (Å²) in [6.07, 6.45) is 4.72. The topological polar surface area (TPSA) is 89.6 Å². The number of nitrogens with one attached hydrogen (secondary N) is 1. The van der Waals surface area contributed by atoms with Crippen LogP contribution >= 0.6 is 11.8 Å². The van der Waals surface area contributed by atoms with Gasteiger partial charge in [0.25, 0.3) is 0 Å². The fourth-order valence-electron chi connectivity index (χ4n) is 5.54. The van der Waals surface area contributed by atoms with E-state index >= 15 is 0 Å². The lowest BCUT2D eigenvalue weighted by atomic mass is 9.92. The van der Waals surface area contributed by atoms with Crippen LogP contribution in [0, 0.1) is 0 Å². The second kappa shape index (κ2) is 12.1. The minimum atomic E-state index is -3.56. The number of benzene rings is 3. The molecule has 0 spiro atoms. The molecule has 3 heterocycles. The Kier molecular flexibility index (Phi) is 8.24. The molecule has 1 aliphatic rings. The Bertz CT molecular complexity index is 1960. The van der Waals surface area contributed by atoms with E-state index in [1.165, 1.54) is 16.1 Å². The lowest BCUT2D eigenvalue weighted by molar-refractivity contribution is -0.118. The molecule has 8 nitrogen and oxygen atoms in total. The van der Waals surface area contributed by atoms with Gasteiger partial charge in [0.1, 0.15) is 10.2 Å². The molecule has 6 rings (SSSR count). The van der Waals surface area contributed by atoms with Gasteiger partial charge < -0.3 is 14.8 Å². The number of carbonyl (C=O) groups is 1. The summed E-state index contributed by atoms with van der Waals surface area (Å²) >= 11 is 1.34. The maximum absolute atomic E-state index is 13.4. The summed E-state index contributed by atoms with van der Waals surface area (Å²) in [4.78, 5) is 24.7. The first kappa shape index (κ1) is 29.9. The van der Waals surface area contributed by atoms with E-state index < -0.39 is 14.6 Å². The first-order chi connectivity index (χ1) is 21.1. The summed E-state index contributed by atoms with van der Waals surface area (Å²) in [5.41, 5.74) is 6.96. The standard InChI is InChI=1S/C34H35N5O3S2/c1-37(2)19-18-30(40)38(3)25-14-12-23(13-15-25)28-22-35-34-33(32(28)24-9-6-5-7-10-24)27-21-26(16-17-29(27)36-34)39(4)44(41,42)31-11-8-20-43-31/h5-10,12-17,20-22,31H,11,18-19H2,1-4H3,(H,35,36). The number of thioether (sulfide) groups is 1. The van der Waals surface area contributed by atoms with E-state index in [-0.39, 0.29) is 5.91 Å². The van der Waals surface area contributed by atoms with E-state index in [9.17, 15) is 13.2 Å². The number of anilines is 2. The van der Waals surface area contributed by atoms with E-state index in [4.69, 9.17) is 4.98 Å². The number of fused-ring (bicyclic) bond motifs is 3. The average molecular weight is 626 g/mol. The second-order valence-corrected chi connectivity index (χ2v) is 14.8. The lowest BCUT2D eigenvalue weighted by Crippen LogP contribution is -2.33. The molecular weight excluding hydrogens is 591 g/mol. The molecule has 0 fully saturated rings. The Balaban J connectivity index is 1.46. The number of aromatic nitrogens is 2. The van der Waals surface area contributed by atoms with Crippen molar-refractivity contribution in [1.82, 2.24) is 14.9 Å². The van der Waals surface area contributed by atoms with Gasteiger partial charge in [-0.15, -0.1) is 11.8 Å².